The fourth-order valence-electron chi connectivity index (χ4n) is 5.07. The highest BCUT2D eigenvalue weighted by Crippen LogP contribution is 2.51. The van der Waals surface area contributed by atoms with Crippen molar-refractivity contribution in [2.45, 2.75) is 6.17 Å². The molecule has 0 bridgehead atoms. The molecule has 31 heavy (non-hydrogen) atoms. The van der Waals surface area contributed by atoms with E-state index in [1.54, 1.807) is 0 Å². The molecule has 3 nitrogen and oxygen atoms in total. The van der Waals surface area contributed by atoms with Gasteiger partial charge >= 0.3 is 0 Å². The van der Waals surface area contributed by atoms with Gasteiger partial charge in [-0.1, -0.05) is 78.9 Å². The first kappa shape index (κ1) is 16.7. The van der Waals surface area contributed by atoms with Gasteiger partial charge in [-0.05, 0) is 41.5 Å². The zero-order chi connectivity index (χ0) is 20.4. The fraction of sp³-hybridized carbons (Fsp3) is 0.0357. The van der Waals surface area contributed by atoms with Crippen LogP contribution in [0.2, 0.25) is 0 Å². The summed E-state index contributed by atoms with van der Waals surface area (Å²) < 4.78 is 2.41. The van der Waals surface area contributed by atoms with E-state index in [9.17, 15) is 0 Å². The minimum atomic E-state index is 0.00806. The standard InChI is InChI=1S/C28H19N3/c1-2-10-19(11-3-1)26-18-20-12-4-5-13-21(20)28-30(26)24-16-8-6-14-22(24)27-29-23-15-7-9-17-25(23)31(27)28/h1-18,28H. The first-order valence-electron chi connectivity index (χ1n) is 10.6. The van der Waals surface area contributed by atoms with Gasteiger partial charge in [0.2, 0.25) is 0 Å². The molecule has 5 aromatic rings. The van der Waals surface area contributed by atoms with Gasteiger partial charge in [-0.2, -0.15) is 0 Å². The number of rotatable bonds is 1. The van der Waals surface area contributed by atoms with Gasteiger partial charge in [0.25, 0.3) is 0 Å². The van der Waals surface area contributed by atoms with Gasteiger partial charge in [-0.3, -0.25) is 4.57 Å². The van der Waals surface area contributed by atoms with Crippen molar-refractivity contribution in [2.24, 2.45) is 0 Å². The predicted molar refractivity (Wildman–Crippen MR) is 127 cm³/mol. The number of nitrogens with zero attached hydrogens (tertiary/aromatic N) is 3. The Morgan fingerprint density at radius 2 is 1.42 bits per heavy atom. The SMILES string of the molecule is C1=C(c2ccccc2)N2c3ccccc3-c3nc4ccccc4n3C2c2ccccc21. The van der Waals surface area contributed by atoms with Crippen LogP contribution in [0.15, 0.2) is 103 Å². The molecular weight excluding hydrogens is 378 g/mol. The average Bonchev–Trinajstić information content (AvgIpc) is 3.24. The lowest BCUT2D eigenvalue weighted by Crippen LogP contribution is -2.38. The molecule has 1 aromatic heterocycles. The van der Waals surface area contributed by atoms with E-state index in [1.165, 1.54) is 28.1 Å². The van der Waals surface area contributed by atoms with Gasteiger partial charge in [0.1, 0.15) is 12.0 Å². The highest BCUT2D eigenvalue weighted by Gasteiger charge is 2.39. The molecule has 0 spiro atoms. The number of benzene rings is 4. The molecule has 0 saturated heterocycles. The van der Waals surface area contributed by atoms with Crippen molar-refractivity contribution in [1.29, 1.82) is 0 Å². The van der Waals surface area contributed by atoms with Gasteiger partial charge in [0.05, 0.1) is 22.4 Å². The molecule has 0 radical (unpaired) electrons. The highest BCUT2D eigenvalue weighted by atomic mass is 15.4. The van der Waals surface area contributed by atoms with Crippen LogP contribution in [-0.4, -0.2) is 9.55 Å². The van der Waals surface area contributed by atoms with Gasteiger partial charge in [0, 0.05) is 11.1 Å². The van der Waals surface area contributed by atoms with Crippen LogP contribution >= 0.6 is 0 Å². The number of fused-ring (bicyclic) bond motifs is 10. The topological polar surface area (TPSA) is 21.1 Å². The summed E-state index contributed by atoms with van der Waals surface area (Å²) >= 11 is 0. The first-order valence-corrected chi connectivity index (χ1v) is 10.6. The van der Waals surface area contributed by atoms with Crippen LogP contribution < -0.4 is 4.90 Å². The molecule has 0 amide bonds. The third-order valence-corrected chi connectivity index (χ3v) is 6.38. The largest absolute Gasteiger partial charge is 0.315 e. The van der Waals surface area contributed by atoms with Crippen LogP contribution in [-0.2, 0) is 0 Å². The summed E-state index contributed by atoms with van der Waals surface area (Å²) in [5, 5.41) is 0. The molecule has 0 aliphatic carbocycles. The fourth-order valence-corrected chi connectivity index (χ4v) is 5.07. The maximum absolute atomic E-state index is 5.07. The van der Waals surface area contributed by atoms with Crippen molar-refractivity contribution >= 4 is 28.5 Å². The maximum atomic E-state index is 5.07. The lowest BCUT2D eigenvalue weighted by Gasteiger charge is -2.44. The second-order valence-electron chi connectivity index (χ2n) is 8.08. The van der Waals surface area contributed by atoms with E-state index in [0.29, 0.717) is 0 Å². The Morgan fingerprint density at radius 1 is 0.677 bits per heavy atom. The number of hydrogen-bond acceptors (Lipinski definition) is 2. The Labute approximate surface area is 180 Å². The smallest absolute Gasteiger partial charge is 0.145 e. The number of aromatic nitrogens is 2. The lowest BCUT2D eigenvalue weighted by molar-refractivity contribution is 0.601. The Bertz CT molecular complexity index is 1490. The molecule has 0 fully saturated rings. The zero-order valence-electron chi connectivity index (χ0n) is 16.8. The van der Waals surface area contributed by atoms with Crippen LogP contribution in [0.4, 0.5) is 5.69 Å². The molecule has 3 heterocycles. The molecule has 4 aromatic carbocycles. The van der Waals surface area contributed by atoms with Crippen LogP contribution in [0.3, 0.4) is 0 Å². The molecular formula is C28H19N3. The summed E-state index contributed by atoms with van der Waals surface area (Å²) in [6.07, 6.45) is 2.33. The Morgan fingerprint density at radius 3 is 2.35 bits per heavy atom. The molecule has 0 N–H and O–H groups in total. The predicted octanol–water partition coefficient (Wildman–Crippen LogP) is 6.58. The third-order valence-electron chi connectivity index (χ3n) is 6.38. The van der Waals surface area contributed by atoms with Crippen molar-refractivity contribution in [3.63, 3.8) is 0 Å². The summed E-state index contributed by atoms with van der Waals surface area (Å²) in [6, 6.07) is 36.5. The van der Waals surface area contributed by atoms with Crippen LogP contribution in [0.5, 0.6) is 0 Å². The number of hydrogen-bond donors (Lipinski definition) is 0. The Kier molecular flexibility index (Phi) is 3.33. The Balaban J connectivity index is 1.63. The van der Waals surface area contributed by atoms with Crippen LogP contribution in [0.25, 0.3) is 34.2 Å². The molecule has 1 atom stereocenters. The summed E-state index contributed by atoms with van der Waals surface area (Å²) in [6.45, 7) is 0. The molecule has 2 aliphatic heterocycles. The summed E-state index contributed by atoms with van der Waals surface area (Å²) in [5.41, 5.74) is 9.52. The summed E-state index contributed by atoms with van der Waals surface area (Å²) in [5.74, 6) is 1.03. The number of para-hydroxylation sites is 3. The normalized spacial score (nSPS) is 16.2. The monoisotopic (exact) mass is 397 g/mol. The number of anilines is 1. The van der Waals surface area contributed by atoms with E-state index in [4.69, 9.17) is 4.98 Å². The first-order chi connectivity index (χ1) is 15.4. The average molecular weight is 397 g/mol. The van der Waals surface area contributed by atoms with E-state index in [0.717, 1.165) is 22.4 Å². The van der Waals surface area contributed by atoms with Crippen molar-refractivity contribution in [2.75, 3.05) is 4.90 Å². The maximum Gasteiger partial charge on any atom is 0.145 e. The Hall–Kier alpha value is -4.11. The van der Waals surface area contributed by atoms with Crippen molar-refractivity contribution in [3.8, 4) is 11.4 Å². The third kappa shape index (κ3) is 2.26. The van der Waals surface area contributed by atoms with Crippen LogP contribution in [0, 0.1) is 0 Å². The second kappa shape index (κ2) is 6.19. The van der Waals surface area contributed by atoms with Gasteiger partial charge in [-0.15, -0.1) is 0 Å². The van der Waals surface area contributed by atoms with E-state index in [1.807, 2.05) is 0 Å². The second-order valence-corrected chi connectivity index (χ2v) is 8.08. The zero-order valence-corrected chi connectivity index (χ0v) is 16.8. The lowest BCUT2D eigenvalue weighted by atomic mass is 9.92. The molecule has 3 heteroatoms. The van der Waals surface area contributed by atoms with E-state index in [2.05, 4.69) is 119 Å². The minimum Gasteiger partial charge on any atom is -0.315 e. The van der Waals surface area contributed by atoms with Gasteiger partial charge in [-0.25, -0.2) is 4.98 Å². The molecule has 2 aliphatic rings. The minimum absolute atomic E-state index is 0.00806. The van der Waals surface area contributed by atoms with E-state index < -0.39 is 0 Å². The van der Waals surface area contributed by atoms with Crippen molar-refractivity contribution in [1.82, 2.24) is 9.55 Å². The molecule has 1 unspecified atom stereocenters. The van der Waals surface area contributed by atoms with Crippen LogP contribution in [0.1, 0.15) is 22.9 Å². The van der Waals surface area contributed by atoms with E-state index >= 15 is 0 Å². The van der Waals surface area contributed by atoms with Gasteiger partial charge < -0.3 is 4.90 Å². The van der Waals surface area contributed by atoms with Gasteiger partial charge in [0.15, 0.2) is 0 Å². The summed E-state index contributed by atoms with van der Waals surface area (Å²) in [4.78, 5) is 7.55. The van der Waals surface area contributed by atoms with E-state index in [-0.39, 0.29) is 6.17 Å². The quantitative estimate of drug-likeness (QED) is 0.318. The molecule has 7 rings (SSSR count). The highest BCUT2D eigenvalue weighted by molar-refractivity contribution is 5.99. The van der Waals surface area contributed by atoms with Crippen molar-refractivity contribution < 1.29 is 0 Å². The molecule has 146 valence electrons. The number of imidazole rings is 1. The molecule has 0 saturated carbocycles. The van der Waals surface area contributed by atoms with Crippen molar-refractivity contribution in [3.05, 3.63) is 120 Å². The summed E-state index contributed by atoms with van der Waals surface area (Å²) in [7, 11) is 0.